The number of aromatic nitrogens is 2. The number of aryl methyl sites for hydroxylation is 2. The van der Waals surface area contributed by atoms with Gasteiger partial charge in [-0.25, -0.2) is 0 Å². The monoisotopic (exact) mass is 264 g/mol. The van der Waals surface area contributed by atoms with Crippen LogP contribution in [0.15, 0.2) is 0 Å². The van der Waals surface area contributed by atoms with Crippen LogP contribution < -0.4 is 0 Å². The molecule has 0 bridgehead atoms. The molecule has 0 radical (unpaired) electrons. The molecule has 0 unspecified atom stereocenters. The van der Waals surface area contributed by atoms with Crippen LogP contribution >= 0.6 is 11.3 Å². The summed E-state index contributed by atoms with van der Waals surface area (Å²) in [5.41, 5.74) is 2.98. The Bertz CT molecular complexity index is 594. The second kappa shape index (κ2) is 4.28. The van der Waals surface area contributed by atoms with E-state index in [2.05, 4.69) is 31.0 Å². The summed E-state index contributed by atoms with van der Waals surface area (Å²) in [5.74, 6) is 0.495. The third-order valence-corrected chi connectivity index (χ3v) is 4.90. The standard InChI is InChI=1S/C14H20N2OS/c1-7(2)11-8(3)10-12(18-11)9(4)13(16-15-10)14(5,6)17/h7,17H,1-6H3. The molecule has 0 aliphatic rings. The number of hydrogen-bond acceptors (Lipinski definition) is 4. The maximum Gasteiger partial charge on any atom is 0.107 e. The summed E-state index contributed by atoms with van der Waals surface area (Å²) in [6, 6.07) is 0. The number of aliphatic hydroxyl groups is 1. The summed E-state index contributed by atoms with van der Waals surface area (Å²) in [4.78, 5) is 1.36. The zero-order valence-corrected chi connectivity index (χ0v) is 12.6. The van der Waals surface area contributed by atoms with Crippen molar-refractivity contribution in [2.24, 2.45) is 0 Å². The molecule has 0 fully saturated rings. The zero-order chi connectivity index (χ0) is 13.7. The van der Waals surface area contributed by atoms with Crippen LogP contribution in [0.3, 0.4) is 0 Å². The van der Waals surface area contributed by atoms with E-state index in [1.807, 2.05) is 6.92 Å². The fourth-order valence-electron chi connectivity index (χ4n) is 2.31. The van der Waals surface area contributed by atoms with E-state index in [4.69, 9.17) is 0 Å². The van der Waals surface area contributed by atoms with Crippen LogP contribution in [0, 0.1) is 13.8 Å². The Morgan fingerprint density at radius 3 is 2.22 bits per heavy atom. The first-order valence-electron chi connectivity index (χ1n) is 6.22. The van der Waals surface area contributed by atoms with Gasteiger partial charge in [-0.05, 0) is 44.7 Å². The maximum atomic E-state index is 10.1. The second-order valence-electron chi connectivity index (χ2n) is 5.66. The summed E-state index contributed by atoms with van der Waals surface area (Å²) in [7, 11) is 0. The van der Waals surface area contributed by atoms with Gasteiger partial charge in [-0.1, -0.05) is 13.8 Å². The van der Waals surface area contributed by atoms with Crippen molar-refractivity contribution in [2.75, 3.05) is 0 Å². The van der Waals surface area contributed by atoms with Crippen LogP contribution in [0.2, 0.25) is 0 Å². The Morgan fingerprint density at radius 2 is 1.72 bits per heavy atom. The summed E-state index contributed by atoms with van der Waals surface area (Å²) < 4.78 is 1.16. The third-order valence-electron chi connectivity index (χ3n) is 3.20. The molecule has 4 heteroatoms. The van der Waals surface area contributed by atoms with Gasteiger partial charge < -0.3 is 5.11 Å². The van der Waals surface area contributed by atoms with Crippen molar-refractivity contribution in [3.05, 3.63) is 21.7 Å². The van der Waals surface area contributed by atoms with Gasteiger partial charge in [-0.15, -0.1) is 16.4 Å². The highest BCUT2D eigenvalue weighted by atomic mass is 32.1. The fraction of sp³-hybridized carbons (Fsp3) is 0.571. The quantitative estimate of drug-likeness (QED) is 0.900. The molecule has 1 N–H and O–H groups in total. The van der Waals surface area contributed by atoms with Gasteiger partial charge in [0, 0.05) is 4.88 Å². The van der Waals surface area contributed by atoms with Crippen molar-refractivity contribution >= 4 is 21.6 Å². The topological polar surface area (TPSA) is 46.0 Å². The number of hydrogen-bond donors (Lipinski definition) is 1. The molecule has 0 saturated heterocycles. The minimum absolute atomic E-state index is 0.495. The Hall–Kier alpha value is -1.00. The molecule has 98 valence electrons. The normalized spacial score (nSPS) is 12.7. The molecule has 0 aromatic carbocycles. The van der Waals surface area contributed by atoms with Crippen LogP contribution in [0.25, 0.3) is 10.2 Å². The molecule has 0 amide bonds. The van der Waals surface area contributed by atoms with Crippen LogP contribution in [-0.4, -0.2) is 15.3 Å². The molecule has 2 aromatic rings. The van der Waals surface area contributed by atoms with Crippen LogP contribution in [0.5, 0.6) is 0 Å². The minimum Gasteiger partial charge on any atom is -0.384 e. The highest BCUT2D eigenvalue weighted by molar-refractivity contribution is 7.19. The molecular formula is C14H20N2OS. The molecule has 0 spiro atoms. The Balaban J connectivity index is 2.76. The van der Waals surface area contributed by atoms with E-state index < -0.39 is 5.60 Å². The van der Waals surface area contributed by atoms with Crippen molar-refractivity contribution in [3.8, 4) is 0 Å². The maximum absolute atomic E-state index is 10.1. The molecule has 0 aliphatic carbocycles. The van der Waals surface area contributed by atoms with Crippen LogP contribution in [0.1, 0.15) is 55.3 Å². The van der Waals surface area contributed by atoms with Crippen molar-refractivity contribution in [1.29, 1.82) is 0 Å². The lowest BCUT2D eigenvalue weighted by molar-refractivity contribution is 0.0724. The van der Waals surface area contributed by atoms with E-state index in [0.717, 1.165) is 15.8 Å². The van der Waals surface area contributed by atoms with Gasteiger partial charge in [-0.3, -0.25) is 0 Å². The molecule has 0 saturated carbocycles. The van der Waals surface area contributed by atoms with Crippen LogP contribution in [0.4, 0.5) is 0 Å². The lowest BCUT2D eigenvalue weighted by atomic mass is 10.00. The van der Waals surface area contributed by atoms with Gasteiger partial charge in [0.1, 0.15) is 11.1 Å². The first-order valence-corrected chi connectivity index (χ1v) is 7.04. The second-order valence-corrected chi connectivity index (χ2v) is 6.71. The van der Waals surface area contributed by atoms with E-state index in [1.165, 1.54) is 10.4 Å². The molecule has 0 atom stereocenters. The average molecular weight is 264 g/mol. The van der Waals surface area contributed by atoms with Crippen LogP contribution in [-0.2, 0) is 5.60 Å². The predicted molar refractivity (Wildman–Crippen MR) is 76.2 cm³/mol. The summed E-state index contributed by atoms with van der Waals surface area (Å²) in [5, 5.41) is 18.6. The highest BCUT2D eigenvalue weighted by Crippen LogP contribution is 2.37. The smallest absolute Gasteiger partial charge is 0.107 e. The molecular weight excluding hydrogens is 244 g/mol. The molecule has 2 rings (SSSR count). The molecule has 18 heavy (non-hydrogen) atoms. The first kappa shape index (κ1) is 13.4. The van der Waals surface area contributed by atoms with E-state index in [9.17, 15) is 5.11 Å². The van der Waals surface area contributed by atoms with Gasteiger partial charge in [0.2, 0.25) is 0 Å². The number of rotatable bonds is 2. The minimum atomic E-state index is -0.943. The Labute approximate surface area is 112 Å². The number of fused-ring (bicyclic) bond motifs is 1. The number of thiophene rings is 1. The predicted octanol–water partition coefficient (Wildman–Crippen LogP) is 3.66. The highest BCUT2D eigenvalue weighted by Gasteiger charge is 2.24. The fourth-order valence-corrected chi connectivity index (χ4v) is 3.56. The van der Waals surface area contributed by atoms with Gasteiger partial charge in [0.15, 0.2) is 0 Å². The third kappa shape index (κ3) is 2.04. The molecule has 3 nitrogen and oxygen atoms in total. The van der Waals surface area contributed by atoms with Crippen molar-refractivity contribution < 1.29 is 5.11 Å². The lowest BCUT2D eigenvalue weighted by Gasteiger charge is -2.18. The van der Waals surface area contributed by atoms with Gasteiger partial charge in [-0.2, -0.15) is 5.10 Å². The number of nitrogens with zero attached hydrogens (tertiary/aromatic N) is 2. The lowest BCUT2D eigenvalue weighted by Crippen LogP contribution is -2.19. The molecule has 2 heterocycles. The van der Waals surface area contributed by atoms with Gasteiger partial charge in [0.25, 0.3) is 0 Å². The molecule has 2 aromatic heterocycles. The van der Waals surface area contributed by atoms with E-state index in [0.29, 0.717) is 11.6 Å². The Kier molecular flexibility index (Phi) is 3.19. The average Bonchev–Trinajstić information content (AvgIpc) is 2.56. The van der Waals surface area contributed by atoms with Gasteiger partial charge in [0.05, 0.1) is 10.4 Å². The van der Waals surface area contributed by atoms with Crippen molar-refractivity contribution in [1.82, 2.24) is 10.2 Å². The van der Waals surface area contributed by atoms with E-state index in [-0.39, 0.29) is 0 Å². The Morgan fingerprint density at radius 1 is 1.11 bits per heavy atom. The van der Waals surface area contributed by atoms with Crippen molar-refractivity contribution in [3.63, 3.8) is 0 Å². The molecule has 0 aliphatic heterocycles. The summed E-state index contributed by atoms with van der Waals surface area (Å²) in [6.07, 6.45) is 0. The summed E-state index contributed by atoms with van der Waals surface area (Å²) in [6.45, 7) is 12.0. The van der Waals surface area contributed by atoms with Crippen molar-refractivity contribution in [2.45, 2.75) is 53.1 Å². The van der Waals surface area contributed by atoms with E-state index >= 15 is 0 Å². The summed E-state index contributed by atoms with van der Waals surface area (Å²) >= 11 is 1.78. The van der Waals surface area contributed by atoms with Gasteiger partial charge >= 0.3 is 0 Å². The zero-order valence-electron chi connectivity index (χ0n) is 11.8. The SMILES string of the molecule is Cc1c(C(C)C)sc2c(C)c(C(C)(C)O)nnc12. The first-order chi connectivity index (χ1) is 8.23. The largest absolute Gasteiger partial charge is 0.384 e. The van der Waals surface area contributed by atoms with E-state index in [1.54, 1.807) is 25.2 Å².